The number of nitrogens with zero attached hydrogens (tertiary/aromatic N) is 5. The van der Waals surface area contributed by atoms with E-state index >= 15 is 0 Å². The first-order valence-electron chi connectivity index (χ1n) is 11.4. The lowest BCUT2D eigenvalue weighted by Crippen LogP contribution is -2.30. The fourth-order valence-electron chi connectivity index (χ4n) is 3.44. The van der Waals surface area contributed by atoms with Crippen LogP contribution in [0.1, 0.15) is 12.5 Å². The Labute approximate surface area is 222 Å². The number of carbonyl (C=O) groups excluding carboxylic acids is 1. The first-order valence-corrected chi connectivity index (χ1v) is 13.6. The molecule has 5 N–H and O–H groups in total. The number of benzene rings is 2. The van der Waals surface area contributed by atoms with Crippen molar-refractivity contribution in [1.82, 2.24) is 15.3 Å². The number of hydrogen-bond acceptors (Lipinski definition) is 12. The molecule has 13 nitrogen and oxygen atoms in total. The fraction of sp³-hybridized carbons (Fsp3) is 0.348. The quantitative estimate of drug-likeness (QED) is 0.146. The molecular weight excluding hydrogens is 536 g/mol. The van der Waals surface area contributed by atoms with Crippen molar-refractivity contribution in [2.75, 3.05) is 33.0 Å². The van der Waals surface area contributed by atoms with Gasteiger partial charge in [0.2, 0.25) is 0 Å². The number of hydrazone groups is 1. The van der Waals surface area contributed by atoms with Crippen molar-refractivity contribution in [3.63, 3.8) is 0 Å². The van der Waals surface area contributed by atoms with Crippen molar-refractivity contribution in [3.8, 4) is 10.6 Å². The van der Waals surface area contributed by atoms with E-state index < -0.39 is 28.8 Å². The van der Waals surface area contributed by atoms with Gasteiger partial charge in [0.15, 0.2) is 6.04 Å². The molecule has 1 unspecified atom stereocenters. The molecule has 38 heavy (non-hydrogen) atoms. The molecule has 1 aliphatic heterocycles. The number of hydrogen-bond donors (Lipinski definition) is 5. The Morgan fingerprint density at radius 2 is 1.71 bits per heavy atom. The second-order valence-corrected chi connectivity index (χ2v) is 10.4. The van der Waals surface area contributed by atoms with Crippen molar-refractivity contribution >= 4 is 49.0 Å². The summed E-state index contributed by atoms with van der Waals surface area (Å²) in [5.41, 5.74) is 2.60. The molecule has 0 saturated carbocycles. The summed E-state index contributed by atoms with van der Waals surface area (Å²) in [4.78, 5) is 16.4. The highest BCUT2D eigenvalue weighted by Crippen LogP contribution is 2.36. The topological polar surface area (TPSA) is 197 Å². The number of aliphatic hydroxyl groups is 3. The van der Waals surface area contributed by atoms with Crippen LogP contribution >= 0.6 is 11.3 Å². The number of amides is 1. The van der Waals surface area contributed by atoms with Crippen LogP contribution in [0.25, 0.3) is 20.8 Å². The highest BCUT2D eigenvalue weighted by Gasteiger charge is 2.33. The third kappa shape index (κ3) is 7.02. The second-order valence-electron chi connectivity index (χ2n) is 8.04. The van der Waals surface area contributed by atoms with Gasteiger partial charge in [-0.05, 0) is 49.7 Å². The number of aliphatic hydroxyl groups excluding tert-OH is 3. The maximum atomic E-state index is 12.0. The zero-order valence-corrected chi connectivity index (χ0v) is 22.3. The Balaban J connectivity index is 0.000000505. The number of thiazole rings is 1. The van der Waals surface area contributed by atoms with E-state index in [1.54, 1.807) is 50.2 Å². The van der Waals surface area contributed by atoms with Gasteiger partial charge in [-0.3, -0.25) is 9.35 Å². The smallest absolute Gasteiger partial charge is 0.296 e. The number of azo groups is 1. The molecule has 0 fully saturated rings. The molecule has 1 aromatic heterocycles. The van der Waals surface area contributed by atoms with E-state index in [4.69, 9.17) is 15.3 Å². The van der Waals surface area contributed by atoms with Crippen molar-refractivity contribution < 1.29 is 33.1 Å². The Morgan fingerprint density at radius 1 is 1.05 bits per heavy atom. The van der Waals surface area contributed by atoms with Gasteiger partial charge < -0.3 is 20.6 Å². The number of nitrogens with one attached hydrogen (secondary N) is 1. The summed E-state index contributed by atoms with van der Waals surface area (Å²) in [6.07, 6.45) is 0. The number of carbonyl (C=O) groups is 1. The molecule has 0 spiro atoms. The summed E-state index contributed by atoms with van der Waals surface area (Å²) in [7, 11) is -4.38. The van der Waals surface area contributed by atoms with Gasteiger partial charge >= 0.3 is 0 Å². The molecule has 2 heterocycles. The van der Waals surface area contributed by atoms with Gasteiger partial charge in [0.1, 0.15) is 16.6 Å². The SMILES string of the molecule is CC1=NN(CO)C(=O)C1N=Nc1ccc(-c2nc3ccc(C)c(S(=O)(=O)O)c3s2)cc1.OCCNCCO. The molecule has 4 rings (SSSR count). The zero-order valence-electron chi connectivity index (χ0n) is 20.6. The van der Waals surface area contributed by atoms with E-state index in [1.165, 1.54) is 11.3 Å². The van der Waals surface area contributed by atoms with Gasteiger partial charge in [-0.15, -0.1) is 11.3 Å². The highest BCUT2D eigenvalue weighted by molar-refractivity contribution is 7.86. The minimum absolute atomic E-state index is 0.130. The Bertz CT molecular complexity index is 1430. The number of aromatic nitrogens is 1. The van der Waals surface area contributed by atoms with Crippen molar-refractivity contribution in [3.05, 3.63) is 42.0 Å². The Morgan fingerprint density at radius 3 is 2.26 bits per heavy atom. The van der Waals surface area contributed by atoms with Crippen LogP contribution in [-0.4, -0.2) is 89.0 Å². The van der Waals surface area contributed by atoms with Crippen LogP contribution in [0, 0.1) is 6.92 Å². The summed E-state index contributed by atoms with van der Waals surface area (Å²) < 4.78 is 33.5. The van der Waals surface area contributed by atoms with Gasteiger partial charge in [-0.2, -0.15) is 23.7 Å². The van der Waals surface area contributed by atoms with E-state index in [0.29, 0.717) is 45.3 Å². The normalized spacial score (nSPS) is 15.7. The summed E-state index contributed by atoms with van der Waals surface area (Å²) in [6, 6.07) is 9.34. The molecule has 1 atom stereocenters. The number of fused-ring (bicyclic) bond motifs is 1. The van der Waals surface area contributed by atoms with Gasteiger partial charge in [-0.1, -0.05) is 6.07 Å². The van der Waals surface area contributed by atoms with Gasteiger partial charge in [0.25, 0.3) is 16.0 Å². The predicted molar refractivity (Wildman–Crippen MR) is 142 cm³/mol. The third-order valence-electron chi connectivity index (χ3n) is 5.24. The molecule has 0 bridgehead atoms. The van der Waals surface area contributed by atoms with E-state index in [9.17, 15) is 17.8 Å². The number of rotatable bonds is 9. The summed E-state index contributed by atoms with van der Waals surface area (Å²) in [5, 5.41) is 41.7. The Kier molecular flexibility index (Phi) is 10.1. The molecule has 0 radical (unpaired) electrons. The molecule has 1 amide bonds. The molecule has 3 aromatic rings. The van der Waals surface area contributed by atoms with Crippen LogP contribution in [0.5, 0.6) is 0 Å². The van der Waals surface area contributed by atoms with Gasteiger partial charge in [0.05, 0.1) is 34.8 Å². The van der Waals surface area contributed by atoms with Crippen LogP contribution in [0.4, 0.5) is 5.69 Å². The van der Waals surface area contributed by atoms with Gasteiger partial charge in [-0.25, -0.2) is 9.99 Å². The summed E-state index contributed by atoms with van der Waals surface area (Å²) in [5.74, 6) is -0.445. The maximum Gasteiger partial charge on any atom is 0.296 e. The first kappa shape index (κ1) is 29.4. The molecule has 0 saturated heterocycles. The molecule has 0 aliphatic carbocycles. The third-order valence-corrected chi connectivity index (χ3v) is 7.55. The summed E-state index contributed by atoms with van der Waals surface area (Å²) >= 11 is 1.17. The zero-order chi connectivity index (χ0) is 27.9. The molecule has 204 valence electrons. The van der Waals surface area contributed by atoms with E-state index in [2.05, 4.69) is 25.6 Å². The monoisotopic (exact) mass is 564 g/mol. The predicted octanol–water partition coefficient (Wildman–Crippen LogP) is 1.70. The van der Waals surface area contributed by atoms with Crippen molar-refractivity contribution in [1.29, 1.82) is 0 Å². The van der Waals surface area contributed by atoms with Gasteiger partial charge in [0, 0.05) is 18.7 Å². The van der Waals surface area contributed by atoms with E-state index in [-0.39, 0.29) is 18.1 Å². The number of aryl methyl sites for hydroxylation is 1. The average Bonchev–Trinajstić information content (AvgIpc) is 3.43. The first-order chi connectivity index (χ1) is 18.1. The molecule has 15 heteroatoms. The van der Waals surface area contributed by atoms with E-state index in [0.717, 1.165) is 10.6 Å². The van der Waals surface area contributed by atoms with Crippen molar-refractivity contribution in [2.45, 2.75) is 24.8 Å². The lowest BCUT2D eigenvalue weighted by molar-refractivity contribution is -0.133. The molecule has 1 aliphatic rings. The molecule has 2 aromatic carbocycles. The highest BCUT2D eigenvalue weighted by atomic mass is 32.2. The van der Waals surface area contributed by atoms with Crippen LogP contribution < -0.4 is 5.32 Å². The fourth-order valence-corrected chi connectivity index (χ4v) is 5.75. The average molecular weight is 565 g/mol. The lowest BCUT2D eigenvalue weighted by atomic mass is 10.2. The van der Waals surface area contributed by atoms with Crippen LogP contribution in [-0.2, 0) is 14.9 Å². The second kappa shape index (κ2) is 13.1. The largest absolute Gasteiger partial charge is 0.395 e. The van der Waals surface area contributed by atoms with E-state index in [1.807, 2.05) is 0 Å². The van der Waals surface area contributed by atoms with Crippen molar-refractivity contribution in [2.24, 2.45) is 15.3 Å². The maximum absolute atomic E-state index is 12.0. The van der Waals surface area contributed by atoms with Crippen LogP contribution in [0.3, 0.4) is 0 Å². The minimum Gasteiger partial charge on any atom is -0.395 e. The Hall–Kier alpha value is -3.18. The lowest BCUT2D eigenvalue weighted by Gasteiger charge is -2.07. The minimum atomic E-state index is -4.38. The van der Waals surface area contributed by atoms with Crippen LogP contribution in [0.2, 0.25) is 0 Å². The van der Waals surface area contributed by atoms with Crippen LogP contribution in [0.15, 0.2) is 56.6 Å². The molecular formula is C23H28N6O7S2. The summed E-state index contributed by atoms with van der Waals surface area (Å²) in [6.45, 7) is 4.15. The standard InChI is InChI=1S/C19H17N5O5S2.C4H11NO2/c1-10-3-8-14-16(17(10)31(27,28)29)30-18(20-14)12-4-6-13(7-5-12)21-22-15-11(2)23-24(9-25)19(15)26;6-3-1-5-2-4-7/h3-8,15,25H,9H2,1-2H3,(H,27,28,29);5-7H,1-4H2.